The fourth-order valence-corrected chi connectivity index (χ4v) is 2.41. The van der Waals surface area contributed by atoms with E-state index < -0.39 is 18.1 Å². The summed E-state index contributed by atoms with van der Waals surface area (Å²) in [6.45, 7) is 0.554. The highest BCUT2D eigenvalue weighted by molar-refractivity contribution is 5.87. The quantitative estimate of drug-likeness (QED) is 0.818. The molecule has 1 heterocycles. The minimum absolute atomic E-state index is 0.203. The number of nitrogens with one attached hydrogen (secondary N) is 1. The lowest BCUT2D eigenvalue weighted by atomic mass is 10.0. The maximum atomic E-state index is 12.1. The second kappa shape index (κ2) is 7.57. The van der Waals surface area contributed by atoms with Crippen molar-refractivity contribution in [2.75, 3.05) is 13.7 Å². The molecule has 0 aliphatic carbocycles. The van der Waals surface area contributed by atoms with Crippen LogP contribution in [0.5, 0.6) is 0 Å². The van der Waals surface area contributed by atoms with Crippen molar-refractivity contribution in [3.8, 4) is 6.07 Å². The van der Waals surface area contributed by atoms with Gasteiger partial charge in [0.1, 0.15) is 12.1 Å². The van der Waals surface area contributed by atoms with Crippen LogP contribution in [0.15, 0.2) is 24.3 Å². The van der Waals surface area contributed by atoms with Gasteiger partial charge >= 0.3 is 5.97 Å². The van der Waals surface area contributed by atoms with Gasteiger partial charge < -0.3 is 14.8 Å². The summed E-state index contributed by atoms with van der Waals surface area (Å²) in [5.74, 6) is -0.860. The Balaban J connectivity index is 2.11. The van der Waals surface area contributed by atoms with Crippen LogP contribution in [0.4, 0.5) is 0 Å². The highest BCUT2D eigenvalue weighted by atomic mass is 16.5. The zero-order valence-corrected chi connectivity index (χ0v) is 12.4. The number of benzene rings is 1. The topological polar surface area (TPSA) is 88.4 Å². The molecule has 0 bridgehead atoms. The van der Waals surface area contributed by atoms with Crippen molar-refractivity contribution in [3.05, 3.63) is 35.4 Å². The lowest BCUT2D eigenvalue weighted by Crippen LogP contribution is -2.47. The van der Waals surface area contributed by atoms with E-state index in [1.807, 2.05) is 0 Å². The standard InChI is InChI=1S/C16H18N2O4/c1-21-16(20)13(18-15(19)14-7-4-8-22-14)9-11-5-2-3-6-12(11)10-17/h2-3,5-6,13-14H,4,7-9H2,1H3,(H,18,19)/t13-,14-/m1/s1. The summed E-state index contributed by atoms with van der Waals surface area (Å²) < 4.78 is 10.1. The van der Waals surface area contributed by atoms with E-state index in [0.29, 0.717) is 24.2 Å². The molecule has 1 amide bonds. The molecule has 0 spiro atoms. The van der Waals surface area contributed by atoms with Gasteiger partial charge in [0.15, 0.2) is 0 Å². The van der Waals surface area contributed by atoms with Crippen LogP contribution in [0.3, 0.4) is 0 Å². The number of amides is 1. The number of hydrogen-bond acceptors (Lipinski definition) is 5. The monoisotopic (exact) mass is 302 g/mol. The Labute approximate surface area is 129 Å². The fraction of sp³-hybridized carbons (Fsp3) is 0.438. The molecule has 1 aliphatic rings. The van der Waals surface area contributed by atoms with Crippen molar-refractivity contribution in [3.63, 3.8) is 0 Å². The summed E-state index contributed by atoms with van der Waals surface area (Å²) >= 11 is 0. The Morgan fingerprint density at radius 2 is 2.27 bits per heavy atom. The minimum atomic E-state index is -0.837. The van der Waals surface area contributed by atoms with Gasteiger partial charge in [0.2, 0.25) is 5.91 Å². The van der Waals surface area contributed by atoms with Crippen LogP contribution in [-0.4, -0.2) is 37.7 Å². The number of nitriles is 1. The van der Waals surface area contributed by atoms with Crippen LogP contribution < -0.4 is 5.32 Å². The third-order valence-electron chi connectivity index (χ3n) is 3.59. The third-order valence-corrected chi connectivity index (χ3v) is 3.59. The van der Waals surface area contributed by atoms with E-state index in [1.165, 1.54) is 7.11 Å². The average molecular weight is 302 g/mol. The molecule has 0 saturated carbocycles. The summed E-state index contributed by atoms with van der Waals surface area (Å²) in [5.41, 5.74) is 1.16. The van der Waals surface area contributed by atoms with Crippen molar-refractivity contribution in [2.45, 2.75) is 31.4 Å². The zero-order valence-electron chi connectivity index (χ0n) is 12.4. The van der Waals surface area contributed by atoms with Gasteiger partial charge in [-0.1, -0.05) is 18.2 Å². The number of ether oxygens (including phenoxy) is 2. The maximum absolute atomic E-state index is 12.1. The number of carbonyl (C=O) groups is 2. The molecule has 22 heavy (non-hydrogen) atoms. The highest BCUT2D eigenvalue weighted by Gasteiger charge is 2.29. The predicted molar refractivity (Wildman–Crippen MR) is 77.8 cm³/mol. The molecule has 2 atom stereocenters. The Kier molecular flexibility index (Phi) is 5.50. The number of methoxy groups -OCH3 is 1. The molecule has 1 aliphatic heterocycles. The molecular weight excluding hydrogens is 284 g/mol. The van der Waals surface area contributed by atoms with Gasteiger partial charge in [-0.25, -0.2) is 4.79 Å². The zero-order chi connectivity index (χ0) is 15.9. The predicted octanol–water partition coefficient (Wildman–Crippen LogP) is 0.938. The molecule has 1 N–H and O–H groups in total. The van der Waals surface area contributed by atoms with Crippen LogP contribution in [0, 0.1) is 11.3 Å². The second-order valence-electron chi connectivity index (χ2n) is 5.06. The Hall–Kier alpha value is -2.39. The number of nitrogens with zero attached hydrogens (tertiary/aromatic N) is 1. The summed E-state index contributed by atoms with van der Waals surface area (Å²) in [5, 5.41) is 11.8. The fourth-order valence-electron chi connectivity index (χ4n) is 2.41. The average Bonchev–Trinajstić information content (AvgIpc) is 3.08. The van der Waals surface area contributed by atoms with E-state index in [0.717, 1.165) is 6.42 Å². The van der Waals surface area contributed by atoms with E-state index in [1.54, 1.807) is 24.3 Å². The third kappa shape index (κ3) is 3.83. The Morgan fingerprint density at radius 3 is 2.91 bits per heavy atom. The number of carbonyl (C=O) groups excluding carboxylic acids is 2. The largest absolute Gasteiger partial charge is 0.467 e. The SMILES string of the molecule is COC(=O)[C@@H](Cc1ccccc1C#N)NC(=O)[C@H]1CCCO1. The van der Waals surface area contributed by atoms with E-state index in [4.69, 9.17) is 14.7 Å². The van der Waals surface area contributed by atoms with Crippen LogP contribution in [0.25, 0.3) is 0 Å². The van der Waals surface area contributed by atoms with Gasteiger partial charge in [0, 0.05) is 13.0 Å². The smallest absolute Gasteiger partial charge is 0.328 e. The van der Waals surface area contributed by atoms with E-state index in [2.05, 4.69) is 11.4 Å². The van der Waals surface area contributed by atoms with Crippen LogP contribution in [0.1, 0.15) is 24.0 Å². The second-order valence-corrected chi connectivity index (χ2v) is 5.06. The first-order valence-corrected chi connectivity index (χ1v) is 7.13. The maximum Gasteiger partial charge on any atom is 0.328 e. The molecular formula is C16H18N2O4. The Bertz CT molecular complexity index is 588. The van der Waals surface area contributed by atoms with Crippen LogP contribution in [0.2, 0.25) is 0 Å². The first kappa shape index (κ1) is 16.0. The molecule has 1 aromatic carbocycles. The number of hydrogen-bond donors (Lipinski definition) is 1. The molecule has 0 unspecified atom stereocenters. The molecule has 116 valence electrons. The summed E-state index contributed by atoms with van der Waals surface area (Å²) in [6.07, 6.45) is 1.17. The molecule has 1 fully saturated rings. The highest BCUT2D eigenvalue weighted by Crippen LogP contribution is 2.14. The van der Waals surface area contributed by atoms with E-state index >= 15 is 0 Å². The first-order valence-electron chi connectivity index (χ1n) is 7.13. The molecule has 6 heteroatoms. The van der Waals surface area contributed by atoms with Crippen molar-refractivity contribution < 1.29 is 19.1 Å². The summed E-state index contributed by atoms with van der Waals surface area (Å²) in [7, 11) is 1.27. The van der Waals surface area contributed by atoms with E-state index in [9.17, 15) is 9.59 Å². The van der Waals surface area contributed by atoms with Crippen molar-refractivity contribution in [1.82, 2.24) is 5.32 Å². The number of esters is 1. The molecule has 2 rings (SSSR count). The van der Waals surface area contributed by atoms with Gasteiger partial charge in [-0.15, -0.1) is 0 Å². The van der Waals surface area contributed by atoms with Gasteiger partial charge in [-0.2, -0.15) is 5.26 Å². The molecule has 0 aromatic heterocycles. The molecule has 1 saturated heterocycles. The van der Waals surface area contributed by atoms with Gasteiger partial charge in [0.25, 0.3) is 0 Å². The summed E-state index contributed by atoms with van der Waals surface area (Å²) in [6, 6.07) is 8.20. The van der Waals surface area contributed by atoms with Gasteiger partial charge in [-0.05, 0) is 24.5 Å². The van der Waals surface area contributed by atoms with Crippen LogP contribution in [-0.2, 0) is 25.5 Å². The molecule has 6 nitrogen and oxygen atoms in total. The van der Waals surface area contributed by atoms with Crippen LogP contribution >= 0.6 is 0 Å². The lowest BCUT2D eigenvalue weighted by Gasteiger charge is -2.19. The summed E-state index contributed by atoms with van der Waals surface area (Å²) in [4.78, 5) is 24.0. The first-order chi connectivity index (χ1) is 10.7. The van der Waals surface area contributed by atoms with E-state index in [-0.39, 0.29) is 12.3 Å². The van der Waals surface area contributed by atoms with Crippen molar-refractivity contribution >= 4 is 11.9 Å². The minimum Gasteiger partial charge on any atom is -0.467 e. The lowest BCUT2D eigenvalue weighted by molar-refractivity contribution is -0.146. The molecule has 1 aromatic rings. The molecule has 0 radical (unpaired) electrons. The van der Waals surface area contributed by atoms with Gasteiger partial charge in [-0.3, -0.25) is 4.79 Å². The van der Waals surface area contributed by atoms with Gasteiger partial charge in [0.05, 0.1) is 18.7 Å². The van der Waals surface area contributed by atoms with Crippen molar-refractivity contribution in [2.24, 2.45) is 0 Å². The normalized spacial score (nSPS) is 18.3. The Morgan fingerprint density at radius 1 is 1.50 bits per heavy atom. The van der Waals surface area contributed by atoms with Crippen molar-refractivity contribution in [1.29, 1.82) is 5.26 Å². The number of rotatable bonds is 5.